The second-order valence-electron chi connectivity index (χ2n) is 4.50. The molecular formula is C12H23F3OSi. The Morgan fingerprint density at radius 3 is 2.06 bits per heavy atom. The molecule has 0 N–H and O–H groups in total. The molecule has 0 fully saturated rings. The molecule has 0 aromatic carbocycles. The Bertz CT molecular complexity index is 204. The van der Waals surface area contributed by atoms with E-state index in [2.05, 4.69) is 6.58 Å². The topological polar surface area (TPSA) is 9.23 Å². The highest BCUT2D eigenvalue weighted by Crippen LogP contribution is 2.19. The predicted octanol–water partition coefficient (Wildman–Crippen LogP) is 4.77. The zero-order valence-corrected chi connectivity index (χ0v) is 11.6. The van der Waals surface area contributed by atoms with Crippen LogP contribution in [0, 0.1) is 0 Å². The Hall–Kier alpha value is -0.293. The molecule has 5 heteroatoms. The van der Waals surface area contributed by atoms with Crippen LogP contribution in [0.4, 0.5) is 12.3 Å². The van der Waals surface area contributed by atoms with E-state index in [-0.39, 0.29) is 0 Å². The first-order valence-electron chi connectivity index (χ1n) is 6.20. The van der Waals surface area contributed by atoms with Crippen LogP contribution < -0.4 is 0 Å². The summed E-state index contributed by atoms with van der Waals surface area (Å²) in [7, 11) is -5.28. The summed E-state index contributed by atoms with van der Waals surface area (Å²) in [6, 6.07) is -0.505. The minimum atomic E-state index is -5.28. The van der Waals surface area contributed by atoms with Crippen LogP contribution in [0.2, 0.25) is 6.04 Å². The third kappa shape index (κ3) is 15.7. The van der Waals surface area contributed by atoms with E-state index in [1.54, 1.807) is 0 Å². The summed E-state index contributed by atoms with van der Waals surface area (Å²) in [5.74, 6) is 0. The summed E-state index contributed by atoms with van der Waals surface area (Å²) >= 11 is 0. The van der Waals surface area contributed by atoms with Crippen molar-refractivity contribution in [2.75, 3.05) is 13.2 Å². The Balaban J connectivity index is 3.06. The van der Waals surface area contributed by atoms with E-state index >= 15 is 0 Å². The van der Waals surface area contributed by atoms with Crippen molar-refractivity contribution in [1.29, 1.82) is 0 Å². The van der Waals surface area contributed by atoms with Crippen molar-refractivity contribution in [3.8, 4) is 0 Å². The molecule has 1 nitrogen and oxygen atoms in total. The van der Waals surface area contributed by atoms with E-state index in [9.17, 15) is 12.3 Å². The Morgan fingerprint density at radius 2 is 1.53 bits per heavy atom. The standard InChI is InChI=1S/C12H23F3OSi/c1-12(2)11-16-9-7-5-3-4-6-8-10-17(13,14)15/h1,3-11H2,2H3. The van der Waals surface area contributed by atoms with Crippen LogP contribution in [0.3, 0.4) is 0 Å². The normalized spacial score (nSPS) is 11.8. The first-order chi connectivity index (χ1) is 7.92. The first-order valence-corrected chi connectivity index (χ1v) is 8.05. The maximum absolute atomic E-state index is 12.0. The molecule has 0 aliphatic carbocycles. The summed E-state index contributed by atoms with van der Waals surface area (Å²) in [4.78, 5) is 0. The molecule has 0 aliphatic heterocycles. The lowest BCUT2D eigenvalue weighted by atomic mass is 10.1. The first kappa shape index (κ1) is 16.7. The summed E-state index contributed by atoms with van der Waals surface area (Å²) in [5.41, 5.74) is 1.02. The van der Waals surface area contributed by atoms with Gasteiger partial charge < -0.3 is 4.74 Å². The van der Waals surface area contributed by atoms with E-state index in [1.165, 1.54) is 0 Å². The molecule has 0 aromatic heterocycles. The zero-order valence-electron chi connectivity index (χ0n) is 10.6. The number of ether oxygens (including phenoxy) is 1. The van der Waals surface area contributed by atoms with Crippen molar-refractivity contribution in [2.24, 2.45) is 0 Å². The van der Waals surface area contributed by atoms with Crippen molar-refractivity contribution in [3.05, 3.63) is 12.2 Å². The highest BCUT2D eigenvalue weighted by molar-refractivity contribution is 6.58. The number of rotatable bonds is 11. The van der Waals surface area contributed by atoms with Crippen molar-refractivity contribution in [3.63, 3.8) is 0 Å². The molecule has 0 radical (unpaired) electrons. The van der Waals surface area contributed by atoms with Crippen LogP contribution in [0.5, 0.6) is 0 Å². The van der Waals surface area contributed by atoms with Crippen LogP contribution >= 0.6 is 0 Å². The van der Waals surface area contributed by atoms with Crippen LogP contribution in [-0.2, 0) is 4.74 Å². The van der Waals surface area contributed by atoms with Crippen molar-refractivity contribution in [1.82, 2.24) is 0 Å². The monoisotopic (exact) mass is 268 g/mol. The smallest absolute Gasteiger partial charge is 0.377 e. The molecule has 17 heavy (non-hydrogen) atoms. The van der Waals surface area contributed by atoms with Gasteiger partial charge in [-0.2, -0.15) is 0 Å². The molecule has 0 aliphatic rings. The van der Waals surface area contributed by atoms with Gasteiger partial charge in [-0.15, -0.1) is 0 Å². The zero-order chi connectivity index (χ0) is 13.1. The van der Waals surface area contributed by atoms with Crippen LogP contribution in [-0.4, -0.2) is 22.3 Å². The second-order valence-corrected chi connectivity index (χ2v) is 6.23. The Morgan fingerprint density at radius 1 is 1.00 bits per heavy atom. The Kier molecular flexibility index (Phi) is 9.54. The lowest BCUT2D eigenvalue weighted by molar-refractivity contribution is 0.151. The summed E-state index contributed by atoms with van der Waals surface area (Å²) in [6.45, 7) is 6.98. The SMILES string of the molecule is C=C(C)COCCCCCCCC[Si](F)(F)F. The van der Waals surface area contributed by atoms with E-state index in [1.807, 2.05) is 6.92 Å². The minimum Gasteiger partial charge on any atom is -0.377 e. The van der Waals surface area contributed by atoms with Crippen molar-refractivity contribution >= 4 is 9.08 Å². The molecule has 0 aromatic rings. The number of unbranched alkanes of at least 4 members (excludes halogenated alkanes) is 5. The minimum absolute atomic E-state index is 0.321. The van der Waals surface area contributed by atoms with Gasteiger partial charge >= 0.3 is 9.08 Å². The van der Waals surface area contributed by atoms with Crippen LogP contribution in [0.25, 0.3) is 0 Å². The lowest BCUT2D eigenvalue weighted by Gasteiger charge is -2.04. The summed E-state index contributed by atoms with van der Waals surface area (Å²) < 4.78 is 41.2. The van der Waals surface area contributed by atoms with E-state index in [4.69, 9.17) is 4.74 Å². The van der Waals surface area contributed by atoms with E-state index < -0.39 is 15.1 Å². The van der Waals surface area contributed by atoms with Gasteiger partial charge in [-0.1, -0.05) is 37.8 Å². The third-order valence-corrected chi connectivity index (χ3v) is 3.27. The van der Waals surface area contributed by atoms with Gasteiger partial charge in [0.2, 0.25) is 0 Å². The lowest BCUT2D eigenvalue weighted by Crippen LogP contribution is -2.13. The van der Waals surface area contributed by atoms with Gasteiger partial charge in [-0.05, 0) is 19.8 Å². The maximum atomic E-state index is 12.0. The largest absolute Gasteiger partial charge is 0.616 e. The van der Waals surface area contributed by atoms with E-state index in [0.717, 1.165) is 37.9 Å². The van der Waals surface area contributed by atoms with Gasteiger partial charge in [0.1, 0.15) is 0 Å². The van der Waals surface area contributed by atoms with Crippen molar-refractivity contribution < 1.29 is 17.1 Å². The van der Waals surface area contributed by atoms with Gasteiger partial charge in [0, 0.05) is 12.7 Å². The molecule has 0 spiro atoms. The highest BCUT2D eigenvalue weighted by atomic mass is 28.5. The van der Waals surface area contributed by atoms with Gasteiger partial charge in [0.05, 0.1) is 6.61 Å². The number of hydrogen-bond donors (Lipinski definition) is 0. The molecule has 102 valence electrons. The van der Waals surface area contributed by atoms with E-state index in [0.29, 0.717) is 19.4 Å². The number of hydrogen-bond acceptors (Lipinski definition) is 1. The van der Waals surface area contributed by atoms with Gasteiger partial charge in [-0.25, -0.2) is 12.3 Å². The summed E-state index contributed by atoms with van der Waals surface area (Å²) in [6.07, 6.45) is 4.97. The Labute approximate surface area is 104 Å². The quantitative estimate of drug-likeness (QED) is 0.227. The molecule has 0 atom stereocenters. The molecule has 0 saturated carbocycles. The highest BCUT2D eigenvalue weighted by Gasteiger charge is 2.35. The molecule has 0 rings (SSSR count). The molecule has 0 saturated heterocycles. The van der Waals surface area contributed by atoms with Gasteiger partial charge in [-0.3, -0.25) is 0 Å². The molecule has 0 bridgehead atoms. The number of halogens is 3. The van der Waals surface area contributed by atoms with Crippen LogP contribution in [0.1, 0.15) is 45.4 Å². The van der Waals surface area contributed by atoms with Crippen molar-refractivity contribution in [2.45, 2.75) is 51.5 Å². The summed E-state index contributed by atoms with van der Waals surface area (Å²) in [5, 5.41) is 0. The van der Waals surface area contributed by atoms with Gasteiger partial charge in [0.15, 0.2) is 0 Å². The van der Waals surface area contributed by atoms with Gasteiger partial charge in [0.25, 0.3) is 0 Å². The maximum Gasteiger partial charge on any atom is 0.616 e. The average molecular weight is 268 g/mol. The fourth-order valence-electron chi connectivity index (χ4n) is 1.48. The molecule has 0 unspecified atom stereocenters. The fraction of sp³-hybridized carbons (Fsp3) is 0.833. The molecular weight excluding hydrogens is 245 g/mol. The molecule has 0 amide bonds. The third-order valence-electron chi connectivity index (χ3n) is 2.35. The predicted molar refractivity (Wildman–Crippen MR) is 67.2 cm³/mol. The molecule has 0 heterocycles. The van der Waals surface area contributed by atoms with Crippen LogP contribution in [0.15, 0.2) is 12.2 Å². The fourth-order valence-corrected chi connectivity index (χ4v) is 2.13. The average Bonchev–Trinajstić information content (AvgIpc) is 2.18. The second kappa shape index (κ2) is 9.71.